The van der Waals surface area contributed by atoms with Crippen LogP contribution in [0.3, 0.4) is 0 Å². The molecule has 2 rings (SSSR count). The van der Waals surface area contributed by atoms with Crippen molar-refractivity contribution in [3.05, 3.63) is 11.4 Å². The van der Waals surface area contributed by atoms with Gasteiger partial charge in [0, 0.05) is 17.5 Å². The topological polar surface area (TPSA) is 63.8 Å². The van der Waals surface area contributed by atoms with Gasteiger partial charge in [-0.3, -0.25) is 0 Å². The zero-order chi connectivity index (χ0) is 14.0. The molecule has 0 spiro atoms. The van der Waals surface area contributed by atoms with Gasteiger partial charge in [-0.05, 0) is 32.6 Å². The van der Waals surface area contributed by atoms with Crippen molar-refractivity contribution in [1.29, 1.82) is 0 Å². The fourth-order valence-electron chi connectivity index (χ4n) is 2.74. The highest BCUT2D eigenvalue weighted by Gasteiger charge is 2.22. The standard InChI is InChI=1S/C15H26N4/c1-9(2)14-18-13(16)10(3)15(19-14)17-11(4)12-7-5-6-8-12/h9,11-12H,5-8H2,1-4H3,(H3,16,17,18,19). The number of hydrogen-bond donors (Lipinski definition) is 2. The predicted octanol–water partition coefficient (Wildman–Crippen LogP) is 3.48. The molecule has 4 heteroatoms. The molecule has 106 valence electrons. The summed E-state index contributed by atoms with van der Waals surface area (Å²) >= 11 is 0. The monoisotopic (exact) mass is 262 g/mol. The van der Waals surface area contributed by atoms with E-state index in [1.165, 1.54) is 25.7 Å². The molecule has 4 nitrogen and oxygen atoms in total. The van der Waals surface area contributed by atoms with Crippen LogP contribution in [-0.4, -0.2) is 16.0 Å². The fourth-order valence-corrected chi connectivity index (χ4v) is 2.74. The van der Waals surface area contributed by atoms with Gasteiger partial charge in [-0.1, -0.05) is 26.7 Å². The summed E-state index contributed by atoms with van der Waals surface area (Å²) in [5, 5.41) is 3.56. The molecule has 0 saturated heterocycles. The van der Waals surface area contributed by atoms with Crippen molar-refractivity contribution in [2.45, 2.75) is 65.3 Å². The summed E-state index contributed by atoms with van der Waals surface area (Å²) in [6.45, 7) is 8.43. The van der Waals surface area contributed by atoms with Crippen LogP contribution in [0.2, 0.25) is 0 Å². The average molecular weight is 262 g/mol. The Bertz CT molecular complexity index is 436. The largest absolute Gasteiger partial charge is 0.383 e. The van der Waals surface area contributed by atoms with Crippen molar-refractivity contribution in [1.82, 2.24) is 9.97 Å². The van der Waals surface area contributed by atoms with Gasteiger partial charge in [0.15, 0.2) is 0 Å². The molecule has 1 heterocycles. The minimum Gasteiger partial charge on any atom is -0.383 e. The van der Waals surface area contributed by atoms with Gasteiger partial charge in [0.05, 0.1) is 0 Å². The van der Waals surface area contributed by atoms with Gasteiger partial charge in [0.2, 0.25) is 0 Å². The minimum atomic E-state index is 0.297. The summed E-state index contributed by atoms with van der Waals surface area (Å²) in [6.07, 6.45) is 5.37. The van der Waals surface area contributed by atoms with E-state index < -0.39 is 0 Å². The summed E-state index contributed by atoms with van der Waals surface area (Å²) in [5.74, 6) is 3.39. The number of hydrogen-bond acceptors (Lipinski definition) is 4. The molecule has 0 aliphatic heterocycles. The Balaban J connectivity index is 2.18. The van der Waals surface area contributed by atoms with E-state index in [1.54, 1.807) is 0 Å². The molecule has 3 N–H and O–H groups in total. The maximum atomic E-state index is 6.00. The Labute approximate surface area is 116 Å². The third kappa shape index (κ3) is 3.17. The highest BCUT2D eigenvalue weighted by atomic mass is 15.1. The van der Waals surface area contributed by atoms with Crippen LogP contribution in [0, 0.1) is 12.8 Å². The molecule has 1 aliphatic carbocycles. The Morgan fingerprint density at radius 3 is 2.37 bits per heavy atom. The Hall–Kier alpha value is -1.32. The second kappa shape index (κ2) is 5.76. The van der Waals surface area contributed by atoms with E-state index in [1.807, 2.05) is 6.92 Å². The lowest BCUT2D eigenvalue weighted by Crippen LogP contribution is -2.25. The van der Waals surface area contributed by atoms with E-state index in [0.717, 1.165) is 23.1 Å². The van der Waals surface area contributed by atoms with Crippen molar-refractivity contribution >= 4 is 11.6 Å². The third-order valence-electron chi connectivity index (χ3n) is 4.19. The van der Waals surface area contributed by atoms with Crippen LogP contribution in [0.15, 0.2) is 0 Å². The van der Waals surface area contributed by atoms with Gasteiger partial charge in [0.25, 0.3) is 0 Å². The van der Waals surface area contributed by atoms with Gasteiger partial charge < -0.3 is 11.1 Å². The van der Waals surface area contributed by atoms with E-state index in [-0.39, 0.29) is 0 Å². The Kier molecular flexibility index (Phi) is 4.27. The molecule has 1 aliphatic rings. The van der Waals surface area contributed by atoms with E-state index >= 15 is 0 Å². The van der Waals surface area contributed by atoms with Gasteiger partial charge >= 0.3 is 0 Å². The third-order valence-corrected chi connectivity index (χ3v) is 4.19. The molecular formula is C15H26N4. The van der Waals surface area contributed by atoms with Gasteiger partial charge in [-0.25, -0.2) is 9.97 Å². The summed E-state index contributed by atoms with van der Waals surface area (Å²) in [5.41, 5.74) is 6.96. The zero-order valence-electron chi connectivity index (χ0n) is 12.5. The molecule has 1 aromatic heterocycles. The number of nitrogens with two attached hydrogens (primary N) is 1. The van der Waals surface area contributed by atoms with E-state index in [2.05, 4.69) is 36.1 Å². The Morgan fingerprint density at radius 1 is 1.16 bits per heavy atom. The maximum Gasteiger partial charge on any atom is 0.135 e. The van der Waals surface area contributed by atoms with Gasteiger partial charge in [-0.2, -0.15) is 0 Å². The van der Waals surface area contributed by atoms with Crippen LogP contribution in [-0.2, 0) is 0 Å². The first-order chi connectivity index (χ1) is 8.99. The van der Waals surface area contributed by atoms with Crippen molar-refractivity contribution < 1.29 is 0 Å². The molecule has 1 atom stereocenters. The molecule has 0 radical (unpaired) electrons. The number of aromatic nitrogens is 2. The molecular weight excluding hydrogens is 236 g/mol. The highest BCUT2D eigenvalue weighted by molar-refractivity contribution is 5.55. The quantitative estimate of drug-likeness (QED) is 0.872. The number of nitrogens with one attached hydrogen (secondary N) is 1. The second-order valence-corrected chi connectivity index (χ2v) is 6.07. The summed E-state index contributed by atoms with van der Waals surface area (Å²) in [6, 6.07) is 0.454. The molecule has 1 unspecified atom stereocenters. The lowest BCUT2D eigenvalue weighted by molar-refractivity contribution is 0.480. The lowest BCUT2D eigenvalue weighted by atomic mass is 10.00. The smallest absolute Gasteiger partial charge is 0.135 e. The molecule has 19 heavy (non-hydrogen) atoms. The number of rotatable bonds is 4. The molecule has 1 fully saturated rings. The van der Waals surface area contributed by atoms with Crippen molar-refractivity contribution in [3.8, 4) is 0 Å². The van der Waals surface area contributed by atoms with Crippen LogP contribution in [0.25, 0.3) is 0 Å². The fraction of sp³-hybridized carbons (Fsp3) is 0.733. The zero-order valence-corrected chi connectivity index (χ0v) is 12.5. The van der Waals surface area contributed by atoms with Crippen LogP contribution in [0.1, 0.15) is 63.8 Å². The SMILES string of the molecule is Cc1c(N)nc(C(C)C)nc1NC(C)C1CCCC1. The number of nitrogen functional groups attached to an aromatic ring is 1. The van der Waals surface area contributed by atoms with Crippen LogP contribution in [0.5, 0.6) is 0 Å². The first-order valence-corrected chi connectivity index (χ1v) is 7.39. The highest BCUT2D eigenvalue weighted by Crippen LogP contribution is 2.30. The second-order valence-electron chi connectivity index (χ2n) is 6.07. The molecule has 0 amide bonds. The summed E-state index contributed by atoms with van der Waals surface area (Å²) in [4.78, 5) is 9.01. The van der Waals surface area contributed by atoms with E-state index in [4.69, 9.17) is 5.73 Å². The Morgan fingerprint density at radius 2 is 1.79 bits per heavy atom. The lowest BCUT2D eigenvalue weighted by Gasteiger charge is -2.23. The van der Waals surface area contributed by atoms with Crippen molar-refractivity contribution in [3.63, 3.8) is 0 Å². The van der Waals surface area contributed by atoms with E-state index in [0.29, 0.717) is 17.8 Å². The van der Waals surface area contributed by atoms with Crippen LogP contribution >= 0.6 is 0 Å². The molecule has 1 aromatic rings. The summed E-state index contributed by atoms with van der Waals surface area (Å²) < 4.78 is 0. The number of nitrogens with zero attached hydrogens (tertiary/aromatic N) is 2. The van der Waals surface area contributed by atoms with Crippen molar-refractivity contribution in [2.75, 3.05) is 11.1 Å². The molecule has 0 bridgehead atoms. The van der Waals surface area contributed by atoms with Crippen LogP contribution < -0.4 is 11.1 Å². The van der Waals surface area contributed by atoms with Crippen LogP contribution in [0.4, 0.5) is 11.6 Å². The number of anilines is 2. The maximum absolute atomic E-state index is 6.00. The summed E-state index contributed by atoms with van der Waals surface area (Å²) in [7, 11) is 0. The minimum absolute atomic E-state index is 0.297. The normalized spacial score (nSPS) is 17.9. The van der Waals surface area contributed by atoms with Gasteiger partial charge in [-0.15, -0.1) is 0 Å². The molecule has 0 aromatic carbocycles. The van der Waals surface area contributed by atoms with Crippen molar-refractivity contribution in [2.24, 2.45) is 5.92 Å². The average Bonchev–Trinajstić information content (AvgIpc) is 2.88. The first-order valence-electron chi connectivity index (χ1n) is 7.39. The molecule has 1 saturated carbocycles. The predicted molar refractivity (Wildman–Crippen MR) is 80.3 cm³/mol. The van der Waals surface area contributed by atoms with Gasteiger partial charge in [0.1, 0.15) is 17.5 Å². The first kappa shape index (κ1) is 14.1. The van der Waals surface area contributed by atoms with E-state index in [9.17, 15) is 0 Å².